The topological polar surface area (TPSA) is 58.6 Å². The number of carbonyl (C=O) groups excluding carboxylic acids is 2. The van der Waals surface area contributed by atoms with E-state index in [1.165, 1.54) is 0 Å². The highest BCUT2D eigenvalue weighted by Gasteiger charge is 2.38. The van der Waals surface area contributed by atoms with Crippen LogP contribution in [0.3, 0.4) is 0 Å². The molecule has 0 spiro atoms. The van der Waals surface area contributed by atoms with Crippen LogP contribution in [-0.2, 0) is 9.59 Å². The number of piperidine rings is 1. The Morgan fingerprint density at radius 3 is 2.62 bits per heavy atom. The Hall–Kier alpha value is -2.53. The Kier molecular flexibility index (Phi) is 5.47. The number of halogens is 1. The largest absolute Gasteiger partial charge is 0.495 e. The van der Waals surface area contributed by atoms with Gasteiger partial charge in [-0.05, 0) is 30.2 Å². The van der Waals surface area contributed by atoms with E-state index in [9.17, 15) is 9.59 Å². The minimum atomic E-state index is -0.332. The van der Waals surface area contributed by atoms with Gasteiger partial charge in [-0.15, -0.1) is 0 Å². The molecule has 136 valence electrons. The molecule has 0 saturated carbocycles. The number of rotatable bonds is 4. The van der Waals surface area contributed by atoms with Crippen LogP contribution in [0.15, 0.2) is 48.5 Å². The quantitative estimate of drug-likeness (QED) is 0.885. The summed E-state index contributed by atoms with van der Waals surface area (Å²) in [6.45, 7) is 0. The van der Waals surface area contributed by atoms with Crippen LogP contribution in [0.4, 0.5) is 5.69 Å². The highest BCUT2D eigenvalue weighted by Crippen LogP contribution is 2.36. The highest BCUT2D eigenvalue weighted by atomic mass is 35.5. The maximum atomic E-state index is 12.9. The van der Waals surface area contributed by atoms with Crippen molar-refractivity contribution in [2.75, 3.05) is 19.5 Å². The van der Waals surface area contributed by atoms with Crippen molar-refractivity contribution in [3.63, 3.8) is 0 Å². The number of anilines is 1. The Morgan fingerprint density at radius 2 is 1.96 bits per heavy atom. The molecule has 1 aliphatic rings. The van der Waals surface area contributed by atoms with Crippen LogP contribution in [0.2, 0.25) is 5.02 Å². The van der Waals surface area contributed by atoms with Gasteiger partial charge in [0.15, 0.2) is 0 Å². The number of likely N-dealkylation sites (tertiary alicyclic amines) is 1. The SMILES string of the molecule is COc1ccc(NC(=O)[C@H]2CCC(=O)N(C)[C@H]2c2ccccc2)cc1Cl. The Bertz CT molecular complexity index is 810. The summed E-state index contributed by atoms with van der Waals surface area (Å²) in [7, 11) is 3.29. The van der Waals surface area contributed by atoms with Gasteiger partial charge in [0.05, 0.1) is 24.1 Å². The monoisotopic (exact) mass is 372 g/mol. The fraction of sp³-hybridized carbons (Fsp3) is 0.300. The van der Waals surface area contributed by atoms with Crippen molar-refractivity contribution in [3.05, 3.63) is 59.1 Å². The molecule has 0 bridgehead atoms. The van der Waals surface area contributed by atoms with Gasteiger partial charge in [-0.3, -0.25) is 9.59 Å². The van der Waals surface area contributed by atoms with Crippen molar-refractivity contribution in [2.24, 2.45) is 5.92 Å². The highest BCUT2D eigenvalue weighted by molar-refractivity contribution is 6.32. The third-order valence-electron chi connectivity index (χ3n) is 4.76. The molecular formula is C20H21ClN2O3. The first kappa shape index (κ1) is 18.3. The number of nitrogens with zero attached hydrogens (tertiary/aromatic N) is 1. The first-order valence-corrected chi connectivity index (χ1v) is 8.84. The number of nitrogens with one attached hydrogen (secondary N) is 1. The van der Waals surface area contributed by atoms with E-state index in [4.69, 9.17) is 16.3 Å². The zero-order valence-corrected chi connectivity index (χ0v) is 15.5. The van der Waals surface area contributed by atoms with Gasteiger partial charge >= 0.3 is 0 Å². The first-order valence-electron chi connectivity index (χ1n) is 8.46. The summed E-state index contributed by atoms with van der Waals surface area (Å²) in [4.78, 5) is 26.8. The maximum absolute atomic E-state index is 12.9. The molecule has 2 aromatic carbocycles. The minimum absolute atomic E-state index is 0.0513. The number of carbonyl (C=O) groups is 2. The standard InChI is InChI=1S/C20H21ClN2O3/c1-23-18(24)11-9-15(19(23)13-6-4-3-5-7-13)20(25)22-14-8-10-17(26-2)16(21)12-14/h3-8,10,12,15,19H,9,11H2,1-2H3,(H,22,25)/t15-,19-/m0/s1. The van der Waals surface area contributed by atoms with Crippen LogP contribution in [0.1, 0.15) is 24.4 Å². The van der Waals surface area contributed by atoms with Gasteiger partial charge in [-0.1, -0.05) is 41.9 Å². The predicted molar refractivity (Wildman–Crippen MR) is 101 cm³/mol. The number of amides is 2. The molecule has 6 heteroatoms. The van der Waals surface area contributed by atoms with E-state index >= 15 is 0 Å². The van der Waals surface area contributed by atoms with Crippen LogP contribution in [-0.4, -0.2) is 30.9 Å². The van der Waals surface area contributed by atoms with Gasteiger partial charge < -0.3 is 15.0 Å². The smallest absolute Gasteiger partial charge is 0.229 e. The van der Waals surface area contributed by atoms with Crippen molar-refractivity contribution in [2.45, 2.75) is 18.9 Å². The summed E-state index contributed by atoms with van der Waals surface area (Å²) in [5.41, 5.74) is 1.56. The molecule has 3 rings (SSSR count). The molecular weight excluding hydrogens is 352 g/mol. The molecule has 1 heterocycles. The third kappa shape index (κ3) is 3.68. The molecule has 0 aliphatic carbocycles. The van der Waals surface area contributed by atoms with Gasteiger partial charge in [0.25, 0.3) is 0 Å². The Labute approximate surface area is 157 Å². The second-order valence-electron chi connectivity index (χ2n) is 6.34. The second kappa shape index (κ2) is 7.79. The molecule has 1 saturated heterocycles. The lowest BCUT2D eigenvalue weighted by atomic mass is 9.84. The van der Waals surface area contributed by atoms with Crippen LogP contribution in [0, 0.1) is 5.92 Å². The minimum Gasteiger partial charge on any atom is -0.495 e. The molecule has 2 amide bonds. The van der Waals surface area contributed by atoms with Crippen molar-refractivity contribution in [1.29, 1.82) is 0 Å². The van der Waals surface area contributed by atoms with E-state index in [0.717, 1.165) is 5.56 Å². The summed E-state index contributed by atoms with van der Waals surface area (Å²) in [5.74, 6) is 0.144. The van der Waals surface area contributed by atoms with Crippen molar-refractivity contribution in [3.8, 4) is 5.75 Å². The number of benzene rings is 2. The molecule has 1 aliphatic heterocycles. The number of methoxy groups -OCH3 is 1. The molecule has 1 N–H and O–H groups in total. The first-order chi connectivity index (χ1) is 12.5. The Balaban J connectivity index is 1.84. The fourth-order valence-electron chi connectivity index (χ4n) is 3.40. The van der Waals surface area contributed by atoms with Gasteiger partial charge in [-0.25, -0.2) is 0 Å². The number of hydrogen-bond donors (Lipinski definition) is 1. The third-order valence-corrected chi connectivity index (χ3v) is 5.05. The zero-order chi connectivity index (χ0) is 18.7. The van der Waals surface area contributed by atoms with Gasteiger partial charge in [-0.2, -0.15) is 0 Å². The molecule has 2 atom stereocenters. The van der Waals surface area contributed by atoms with Crippen LogP contribution < -0.4 is 10.1 Å². The second-order valence-corrected chi connectivity index (χ2v) is 6.75. The van der Waals surface area contributed by atoms with E-state index in [2.05, 4.69) is 5.32 Å². The lowest BCUT2D eigenvalue weighted by Gasteiger charge is -2.38. The summed E-state index contributed by atoms with van der Waals surface area (Å²) in [5, 5.41) is 3.35. The van der Waals surface area contributed by atoms with E-state index in [1.807, 2.05) is 30.3 Å². The van der Waals surface area contributed by atoms with Crippen LogP contribution in [0.25, 0.3) is 0 Å². The van der Waals surface area contributed by atoms with Crippen LogP contribution >= 0.6 is 11.6 Å². The summed E-state index contributed by atoms with van der Waals surface area (Å²) >= 11 is 6.14. The van der Waals surface area contributed by atoms with Crippen molar-refractivity contribution >= 4 is 29.1 Å². The molecule has 1 fully saturated rings. The van der Waals surface area contributed by atoms with Gasteiger partial charge in [0, 0.05) is 19.2 Å². The zero-order valence-electron chi connectivity index (χ0n) is 14.7. The fourth-order valence-corrected chi connectivity index (χ4v) is 3.66. The molecule has 5 nitrogen and oxygen atoms in total. The van der Waals surface area contributed by atoms with E-state index in [0.29, 0.717) is 29.3 Å². The lowest BCUT2D eigenvalue weighted by Crippen LogP contribution is -2.44. The molecule has 0 aromatic heterocycles. The number of hydrogen-bond acceptors (Lipinski definition) is 3. The van der Waals surface area contributed by atoms with Gasteiger partial charge in [0.1, 0.15) is 5.75 Å². The Morgan fingerprint density at radius 1 is 1.23 bits per heavy atom. The molecule has 2 aromatic rings. The molecule has 26 heavy (non-hydrogen) atoms. The van der Waals surface area contributed by atoms with E-state index in [-0.39, 0.29) is 23.8 Å². The maximum Gasteiger partial charge on any atom is 0.229 e. The van der Waals surface area contributed by atoms with Gasteiger partial charge in [0.2, 0.25) is 11.8 Å². The number of ether oxygens (including phenoxy) is 1. The average molecular weight is 373 g/mol. The van der Waals surface area contributed by atoms with E-state index < -0.39 is 0 Å². The van der Waals surface area contributed by atoms with E-state index in [1.54, 1.807) is 37.3 Å². The summed E-state index contributed by atoms with van der Waals surface area (Å²) in [6.07, 6.45) is 0.875. The molecule has 0 radical (unpaired) electrons. The molecule has 0 unspecified atom stereocenters. The summed E-state index contributed by atoms with van der Waals surface area (Å²) in [6, 6.07) is 14.5. The van der Waals surface area contributed by atoms with Crippen LogP contribution in [0.5, 0.6) is 5.75 Å². The lowest BCUT2D eigenvalue weighted by molar-refractivity contribution is -0.140. The average Bonchev–Trinajstić information content (AvgIpc) is 2.64. The summed E-state index contributed by atoms with van der Waals surface area (Å²) < 4.78 is 5.13. The normalized spacial score (nSPS) is 20.0. The van der Waals surface area contributed by atoms with Crippen molar-refractivity contribution < 1.29 is 14.3 Å². The predicted octanol–water partition coefficient (Wildman–Crippen LogP) is 3.90. The van der Waals surface area contributed by atoms with Crippen molar-refractivity contribution in [1.82, 2.24) is 4.90 Å².